The lowest BCUT2D eigenvalue weighted by Crippen LogP contribution is -2.37. The van der Waals surface area contributed by atoms with Crippen LogP contribution in [0.5, 0.6) is 5.75 Å². The second-order valence-corrected chi connectivity index (χ2v) is 6.02. The van der Waals surface area contributed by atoms with Crippen molar-refractivity contribution in [1.82, 2.24) is 5.32 Å². The van der Waals surface area contributed by atoms with Gasteiger partial charge in [0.1, 0.15) is 5.75 Å². The molecule has 0 spiro atoms. The predicted molar refractivity (Wildman–Crippen MR) is 92.7 cm³/mol. The zero-order valence-electron chi connectivity index (χ0n) is 13.2. The Bertz CT molecular complexity index is 744. The van der Waals surface area contributed by atoms with E-state index in [4.69, 9.17) is 16.3 Å². The molecule has 0 aromatic heterocycles. The first-order chi connectivity index (χ1) is 11.6. The third kappa shape index (κ3) is 3.51. The van der Waals surface area contributed by atoms with E-state index in [9.17, 15) is 9.59 Å². The fourth-order valence-corrected chi connectivity index (χ4v) is 2.81. The first-order valence-corrected chi connectivity index (χ1v) is 7.95. The predicted octanol–water partition coefficient (Wildman–Crippen LogP) is 2.88. The van der Waals surface area contributed by atoms with E-state index in [0.717, 1.165) is 11.4 Å². The number of carbonyl (C=O) groups excluding carboxylic acids is 2. The summed E-state index contributed by atoms with van der Waals surface area (Å²) in [6, 6.07) is 13.7. The second kappa shape index (κ2) is 6.93. The Morgan fingerprint density at radius 2 is 1.83 bits per heavy atom. The molecular weight excluding hydrogens is 328 g/mol. The molecule has 5 nitrogen and oxygen atoms in total. The third-order valence-corrected chi connectivity index (χ3v) is 4.20. The third-order valence-electron chi connectivity index (χ3n) is 3.95. The number of benzene rings is 2. The van der Waals surface area contributed by atoms with Crippen LogP contribution in [0.4, 0.5) is 5.69 Å². The molecule has 0 bridgehead atoms. The Balaban J connectivity index is 1.65. The van der Waals surface area contributed by atoms with Crippen LogP contribution in [0, 0.1) is 0 Å². The van der Waals surface area contributed by atoms with Gasteiger partial charge in [-0.3, -0.25) is 9.59 Å². The van der Waals surface area contributed by atoms with Crippen LogP contribution in [0.1, 0.15) is 16.8 Å². The molecule has 2 amide bonds. The summed E-state index contributed by atoms with van der Waals surface area (Å²) in [5, 5.41) is 3.48. The minimum absolute atomic E-state index is 0.0124. The highest BCUT2D eigenvalue weighted by molar-refractivity contribution is 6.30. The Labute approximate surface area is 145 Å². The monoisotopic (exact) mass is 344 g/mol. The van der Waals surface area contributed by atoms with Gasteiger partial charge in [-0.25, -0.2) is 0 Å². The number of hydrogen-bond acceptors (Lipinski definition) is 3. The van der Waals surface area contributed by atoms with E-state index in [1.807, 2.05) is 24.3 Å². The number of carbonyl (C=O) groups is 2. The summed E-state index contributed by atoms with van der Waals surface area (Å²) in [6.45, 7) is 0.449. The highest BCUT2D eigenvalue weighted by Crippen LogP contribution is 2.24. The van der Waals surface area contributed by atoms with Crippen molar-refractivity contribution >= 4 is 29.1 Å². The molecular formula is C18H17ClN2O3. The first kappa shape index (κ1) is 16.3. The molecule has 2 aromatic carbocycles. The lowest BCUT2D eigenvalue weighted by atomic mass is 10.2. The number of ether oxygens (including phenoxy) is 1. The van der Waals surface area contributed by atoms with Crippen LogP contribution in [0.25, 0.3) is 0 Å². The van der Waals surface area contributed by atoms with Crippen molar-refractivity contribution in [2.24, 2.45) is 0 Å². The minimum Gasteiger partial charge on any atom is -0.497 e. The van der Waals surface area contributed by atoms with Crippen LogP contribution in [0.3, 0.4) is 0 Å². The van der Waals surface area contributed by atoms with Gasteiger partial charge in [0.15, 0.2) is 0 Å². The van der Waals surface area contributed by atoms with E-state index in [1.54, 1.807) is 36.3 Å². The molecule has 0 saturated carbocycles. The number of nitrogens with zero attached hydrogens (tertiary/aromatic N) is 1. The standard InChI is InChI=1S/C18H17ClN2O3/c1-24-16-8-6-15(7-9-16)21-11-14(10-17(21)22)20-18(23)12-2-4-13(19)5-3-12/h2-9,14H,10-11H2,1H3,(H,20,23)/t14-/m0/s1. The highest BCUT2D eigenvalue weighted by Gasteiger charge is 2.31. The minimum atomic E-state index is -0.220. The van der Waals surface area contributed by atoms with Crippen LogP contribution in [0.15, 0.2) is 48.5 Å². The van der Waals surface area contributed by atoms with E-state index in [-0.39, 0.29) is 24.3 Å². The molecule has 1 aliphatic heterocycles. The summed E-state index contributed by atoms with van der Waals surface area (Å²) < 4.78 is 5.12. The number of halogens is 1. The molecule has 1 atom stereocenters. The van der Waals surface area contributed by atoms with Gasteiger partial charge in [-0.1, -0.05) is 11.6 Å². The molecule has 1 saturated heterocycles. The molecule has 24 heavy (non-hydrogen) atoms. The molecule has 0 radical (unpaired) electrons. The summed E-state index contributed by atoms with van der Waals surface area (Å²) in [4.78, 5) is 26.1. The van der Waals surface area contributed by atoms with Gasteiger partial charge in [-0.2, -0.15) is 0 Å². The Kier molecular flexibility index (Phi) is 4.71. The highest BCUT2D eigenvalue weighted by atomic mass is 35.5. The van der Waals surface area contributed by atoms with Gasteiger partial charge in [-0.15, -0.1) is 0 Å². The van der Waals surface area contributed by atoms with E-state index in [1.165, 1.54) is 0 Å². The van der Waals surface area contributed by atoms with E-state index in [0.29, 0.717) is 17.1 Å². The number of hydrogen-bond donors (Lipinski definition) is 1. The van der Waals surface area contributed by atoms with Gasteiger partial charge < -0.3 is 15.0 Å². The van der Waals surface area contributed by atoms with Gasteiger partial charge >= 0.3 is 0 Å². The van der Waals surface area contributed by atoms with Crippen LogP contribution >= 0.6 is 11.6 Å². The molecule has 1 fully saturated rings. The fourth-order valence-electron chi connectivity index (χ4n) is 2.69. The van der Waals surface area contributed by atoms with Gasteiger partial charge in [-0.05, 0) is 48.5 Å². The summed E-state index contributed by atoms with van der Waals surface area (Å²) in [5.41, 5.74) is 1.32. The lowest BCUT2D eigenvalue weighted by molar-refractivity contribution is -0.117. The molecule has 1 heterocycles. The molecule has 1 aliphatic rings. The average Bonchev–Trinajstić information content (AvgIpc) is 2.95. The Morgan fingerprint density at radius 1 is 1.17 bits per heavy atom. The van der Waals surface area contributed by atoms with E-state index in [2.05, 4.69) is 5.32 Å². The van der Waals surface area contributed by atoms with Crippen molar-refractivity contribution in [3.8, 4) is 5.75 Å². The average molecular weight is 345 g/mol. The summed E-state index contributed by atoms with van der Waals surface area (Å²) in [6.07, 6.45) is 0.283. The van der Waals surface area contributed by atoms with E-state index < -0.39 is 0 Å². The second-order valence-electron chi connectivity index (χ2n) is 5.58. The number of methoxy groups -OCH3 is 1. The molecule has 0 unspecified atom stereocenters. The largest absolute Gasteiger partial charge is 0.497 e. The van der Waals surface area contributed by atoms with Gasteiger partial charge in [0.25, 0.3) is 5.91 Å². The zero-order valence-corrected chi connectivity index (χ0v) is 13.9. The molecule has 0 aliphatic carbocycles. The van der Waals surface area contributed by atoms with Gasteiger partial charge in [0.05, 0.1) is 13.2 Å². The molecule has 124 valence electrons. The summed E-state index contributed by atoms with van der Waals surface area (Å²) in [5.74, 6) is 0.514. The normalized spacial score (nSPS) is 17.0. The molecule has 3 rings (SSSR count). The summed E-state index contributed by atoms with van der Waals surface area (Å²) in [7, 11) is 1.60. The maximum absolute atomic E-state index is 12.2. The maximum Gasteiger partial charge on any atom is 0.251 e. The van der Waals surface area contributed by atoms with Crippen molar-refractivity contribution in [2.75, 3.05) is 18.6 Å². The van der Waals surface area contributed by atoms with Crippen LogP contribution in [-0.4, -0.2) is 31.5 Å². The number of rotatable bonds is 4. The number of nitrogens with one attached hydrogen (secondary N) is 1. The topological polar surface area (TPSA) is 58.6 Å². The van der Waals surface area contributed by atoms with Gasteiger partial charge in [0, 0.05) is 29.2 Å². The molecule has 1 N–H and O–H groups in total. The van der Waals surface area contributed by atoms with Crippen molar-refractivity contribution in [1.29, 1.82) is 0 Å². The molecule has 6 heteroatoms. The van der Waals surface area contributed by atoms with Crippen LogP contribution in [-0.2, 0) is 4.79 Å². The number of anilines is 1. The first-order valence-electron chi connectivity index (χ1n) is 7.57. The SMILES string of the molecule is COc1ccc(N2C[C@@H](NC(=O)c3ccc(Cl)cc3)CC2=O)cc1. The quantitative estimate of drug-likeness (QED) is 0.927. The van der Waals surface area contributed by atoms with Crippen molar-refractivity contribution in [2.45, 2.75) is 12.5 Å². The Morgan fingerprint density at radius 3 is 2.46 bits per heavy atom. The van der Waals surface area contributed by atoms with Crippen molar-refractivity contribution in [3.63, 3.8) is 0 Å². The van der Waals surface area contributed by atoms with Crippen LogP contribution < -0.4 is 15.0 Å². The molecule has 2 aromatic rings. The fraction of sp³-hybridized carbons (Fsp3) is 0.222. The zero-order chi connectivity index (χ0) is 17.1. The van der Waals surface area contributed by atoms with Crippen molar-refractivity contribution in [3.05, 3.63) is 59.1 Å². The van der Waals surface area contributed by atoms with Crippen LogP contribution in [0.2, 0.25) is 5.02 Å². The van der Waals surface area contributed by atoms with E-state index >= 15 is 0 Å². The summed E-state index contributed by atoms with van der Waals surface area (Å²) >= 11 is 5.82. The number of amides is 2. The van der Waals surface area contributed by atoms with Crippen molar-refractivity contribution < 1.29 is 14.3 Å². The van der Waals surface area contributed by atoms with Gasteiger partial charge in [0.2, 0.25) is 5.91 Å². The maximum atomic E-state index is 12.2. The lowest BCUT2D eigenvalue weighted by Gasteiger charge is -2.17. The smallest absolute Gasteiger partial charge is 0.251 e. The Hall–Kier alpha value is -2.53.